The van der Waals surface area contributed by atoms with Crippen molar-refractivity contribution in [3.05, 3.63) is 53.6 Å². The van der Waals surface area contributed by atoms with Crippen LogP contribution in [0.15, 0.2) is 53.4 Å². The molecular formula is C19H20ClNO4S. The van der Waals surface area contributed by atoms with Gasteiger partial charge < -0.3 is 14.8 Å². The normalized spacial score (nSPS) is 12.8. The van der Waals surface area contributed by atoms with Crippen molar-refractivity contribution in [2.75, 3.05) is 12.4 Å². The molecule has 0 fully saturated rings. The zero-order chi connectivity index (χ0) is 19.1. The number of carbonyl (C=O) groups is 2. The standard InChI is InChI=1S/C19H20ClNO4S/c1-12(18(22)21-16-6-4-5-7-17(16)24-3)25-19(23)13(2)26-15-10-8-14(20)9-11-15/h4-13H,1-3H3,(H,21,22)/t12-,13+/m1/s1. The lowest BCUT2D eigenvalue weighted by atomic mass is 10.2. The Kier molecular flexibility index (Phi) is 7.36. The lowest BCUT2D eigenvalue weighted by Crippen LogP contribution is -2.32. The molecule has 7 heteroatoms. The first-order valence-corrected chi connectivity index (χ1v) is 9.23. The Morgan fingerprint density at radius 1 is 1.08 bits per heavy atom. The van der Waals surface area contributed by atoms with Crippen molar-refractivity contribution >= 4 is 40.9 Å². The molecule has 1 amide bonds. The SMILES string of the molecule is COc1ccccc1NC(=O)[C@@H](C)OC(=O)[C@H](C)Sc1ccc(Cl)cc1. The number of ether oxygens (including phenoxy) is 2. The van der Waals surface area contributed by atoms with Crippen LogP contribution >= 0.6 is 23.4 Å². The van der Waals surface area contributed by atoms with E-state index in [1.54, 1.807) is 43.3 Å². The Morgan fingerprint density at radius 3 is 2.38 bits per heavy atom. The molecule has 0 radical (unpaired) electrons. The maximum absolute atomic E-state index is 12.3. The zero-order valence-electron chi connectivity index (χ0n) is 14.7. The number of methoxy groups -OCH3 is 1. The number of para-hydroxylation sites is 2. The summed E-state index contributed by atoms with van der Waals surface area (Å²) in [7, 11) is 1.52. The van der Waals surface area contributed by atoms with Crippen molar-refractivity contribution in [2.24, 2.45) is 0 Å². The van der Waals surface area contributed by atoms with Crippen molar-refractivity contribution in [1.29, 1.82) is 0 Å². The van der Waals surface area contributed by atoms with Gasteiger partial charge in [0.25, 0.3) is 5.91 Å². The summed E-state index contributed by atoms with van der Waals surface area (Å²) in [5.41, 5.74) is 0.520. The molecule has 0 aliphatic rings. The third kappa shape index (κ3) is 5.68. The van der Waals surface area contributed by atoms with Gasteiger partial charge in [-0.1, -0.05) is 23.7 Å². The van der Waals surface area contributed by atoms with Crippen LogP contribution in [0.1, 0.15) is 13.8 Å². The minimum Gasteiger partial charge on any atom is -0.495 e. The van der Waals surface area contributed by atoms with Gasteiger partial charge in [0.2, 0.25) is 0 Å². The Bertz CT molecular complexity index is 766. The number of hydrogen-bond donors (Lipinski definition) is 1. The van der Waals surface area contributed by atoms with E-state index < -0.39 is 23.2 Å². The van der Waals surface area contributed by atoms with Gasteiger partial charge in [0, 0.05) is 9.92 Å². The topological polar surface area (TPSA) is 64.6 Å². The molecule has 0 saturated carbocycles. The summed E-state index contributed by atoms with van der Waals surface area (Å²) in [4.78, 5) is 25.4. The van der Waals surface area contributed by atoms with E-state index in [2.05, 4.69) is 5.32 Å². The highest BCUT2D eigenvalue weighted by molar-refractivity contribution is 8.00. The highest BCUT2D eigenvalue weighted by Crippen LogP contribution is 2.26. The maximum Gasteiger partial charge on any atom is 0.319 e. The van der Waals surface area contributed by atoms with Crippen molar-refractivity contribution in [3.63, 3.8) is 0 Å². The van der Waals surface area contributed by atoms with Gasteiger partial charge in [0.1, 0.15) is 11.0 Å². The van der Waals surface area contributed by atoms with Crippen molar-refractivity contribution in [3.8, 4) is 5.75 Å². The Morgan fingerprint density at radius 2 is 1.73 bits per heavy atom. The molecule has 0 bridgehead atoms. The summed E-state index contributed by atoms with van der Waals surface area (Å²) in [6, 6.07) is 14.2. The third-order valence-corrected chi connectivity index (χ3v) is 4.83. The first-order chi connectivity index (χ1) is 12.4. The fraction of sp³-hybridized carbons (Fsp3) is 0.263. The smallest absolute Gasteiger partial charge is 0.319 e. The monoisotopic (exact) mass is 393 g/mol. The average molecular weight is 394 g/mol. The Hall–Kier alpha value is -2.18. The summed E-state index contributed by atoms with van der Waals surface area (Å²) < 4.78 is 10.5. The summed E-state index contributed by atoms with van der Waals surface area (Å²) >= 11 is 7.19. The van der Waals surface area contributed by atoms with E-state index in [9.17, 15) is 9.59 Å². The lowest BCUT2D eigenvalue weighted by molar-refractivity contribution is -0.152. The summed E-state index contributed by atoms with van der Waals surface area (Å²) in [6.45, 7) is 3.26. The molecule has 138 valence electrons. The molecule has 0 unspecified atom stereocenters. The number of anilines is 1. The molecule has 0 aromatic heterocycles. The van der Waals surface area contributed by atoms with E-state index in [1.165, 1.54) is 25.8 Å². The highest BCUT2D eigenvalue weighted by atomic mass is 35.5. The highest BCUT2D eigenvalue weighted by Gasteiger charge is 2.23. The summed E-state index contributed by atoms with van der Waals surface area (Å²) in [6.07, 6.45) is -0.930. The van der Waals surface area contributed by atoms with Crippen LogP contribution in [0, 0.1) is 0 Å². The number of amides is 1. The fourth-order valence-corrected chi connectivity index (χ4v) is 3.05. The molecule has 0 saturated heterocycles. The average Bonchev–Trinajstić information content (AvgIpc) is 2.63. The molecule has 2 aromatic rings. The van der Waals surface area contributed by atoms with E-state index >= 15 is 0 Å². The van der Waals surface area contributed by atoms with Crippen molar-refractivity contribution in [2.45, 2.75) is 30.1 Å². The molecule has 2 rings (SSSR count). The van der Waals surface area contributed by atoms with Crippen LogP contribution in [0.25, 0.3) is 0 Å². The number of nitrogens with one attached hydrogen (secondary N) is 1. The van der Waals surface area contributed by atoms with Crippen LogP contribution in [0.2, 0.25) is 5.02 Å². The number of carbonyl (C=O) groups excluding carboxylic acids is 2. The van der Waals surface area contributed by atoms with Crippen LogP contribution in [-0.4, -0.2) is 30.3 Å². The quantitative estimate of drug-likeness (QED) is 0.558. The molecule has 0 spiro atoms. The number of benzene rings is 2. The molecule has 2 aromatic carbocycles. The number of halogens is 1. The molecule has 0 aliphatic heterocycles. The predicted molar refractivity (Wildman–Crippen MR) is 104 cm³/mol. The van der Waals surface area contributed by atoms with Crippen LogP contribution in [0.3, 0.4) is 0 Å². The molecule has 26 heavy (non-hydrogen) atoms. The summed E-state index contributed by atoms with van der Waals surface area (Å²) in [5.74, 6) is -0.356. The van der Waals surface area contributed by atoms with Crippen molar-refractivity contribution < 1.29 is 19.1 Å². The molecule has 2 atom stereocenters. The van der Waals surface area contributed by atoms with Gasteiger partial charge in [-0.25, -0.2) is 0 Å². The minimum absolute atomic E-state index is 0.424. The van der Waals surface area contributed by atoms with Gasteiger partial charge in [-0.05, 0) is 50.2 Å². The third-order valence-electron chi connectivity index (χ3n) is 3.49. The molecule has 1 N–H and O–H groups in total. The lowest BCUT2D eigenvalue weighted by Gasteiger charge is -2.17. The maximum atomic E-state index is 12.3. The van der Waals surface area contributed by atoms with Gasteiger partial charge in [0.05, 0.1) is 12.8 Å². The molecular weight excluding hydrogens is 374 g/mol. The van der Waals surface area contributed by atoms with E-state index in [4.69, 9.17) is 21.1 Å². The number of esters is 1. The van der Waals surface area contributed by atoms with E-state index in [-0.39, 0.29) is 0 Å². The number of hydrogen-bond acceptors (Lipinski definition) is 5. The second kappa shape index (κ2) is 9.50. The van der Waals surface area contributed by atoms with E-state index in [1.807, 2.05) is 12.1 Å². The van der Waals surface area contributed by atoms with E-state index in [0.29, 0.717) is 16.5 Å². The van der Waals surface area contributed by atoms with E-state index in [0.717, 1.165) is 4.90 Å². The second-order valence-corrected chi connectivity index (χ2v) is 7.33. The van der Waals surface area contributed by atoms with Gasteiger partial charge in [-0.3, -0.25) is 9.59 Å². The Balaban J connectivity index is 1.90. The van der Waals surface area contributed by atoms with Crippen LogP contribution in [-0.2, 0) is 14.3 Å². The fourth-order valence-electron chi connectivity index (χ4n) is 2.07. The summed E-state index contributed by atoms with van der Waals surface area (Å²) in [5, 5.41) is 2.87. The minimum atomic E-state index is -0.930. The Labute approximate surface area is 162 Å². The largest absolute Gasteiger partial charge is 0.495 e. The number of rotatable bonds is 7. The first-order valence-electron chi connectivity index (χ1n) is 7.97. The second-order valence-electron chi connectivity index (χ2n) is 5.48. The van der Waals surface area contributed by atoms with Crippen LogP contribution in [0.5, 0.6) is 5.75 Å². The van der Waals surface area contributed by atoms with Crippen LogP contribution in [0.4, 0.5) is 5.69 Å². The molecule has 0 aliphatic carbocycles. The van der Waals surface area contributed by atoms with Gasteiger partial charge in [0.15, 0.2) is 6.10 Å². The molecule has 5 nitrogen and oxygen atoms in total. The van der Waals surface area contributed by atoms with Crippen LogP contribution < -0.4 is 10.1 Å². The molecule has 0 heterocycles. The zero-order valence-corrected chi connectivity index (χ0v) is 16.3. The van der Waals surface area contributed by atoms with Gasteiger partial charge in [-0.2, -0.15) is 0 Å². The van der Waals surface area contributed by atoms with Crippen molar-refractivity contribution in [1.82, 2.24) is 0 Å². The predicted octanol–water partition coefficient (Wildman–Crippen LogP) is 4.40. The van der Waals surface area contributed by atoms with Gasteiger partial charge >= 0.3 is 5.97 Å². The van der Waals surface area contributed by atoms with Gasteiger partial charge in [-0.15, -0.1) is 11.8 Å². The number of thioether (sulfide) groups is 1. The first kappa shape index (κ1) is 20.1.